The minimum absolute atomic E-state index is 0.0336. The highest BCUT2D eigenvalue weighted by molar-refractivity contribution is 5.92. The van der Waals surface area contributed by atoms with E-state index in [0.29, 0.717) is 115 Å². The highest BCUT2D eigenvalue weighted by Gasteiger charge is 2.17. The fourth-order valence-electron chi connectivity index (χ4n) is 6.84. The van der Waals surface area contributed by atoms with Crippen LogP contribution in [0.3, 0.4) is 0 Å². The van der Waals surface area contributed by atoms with Gasteiger partial charge in [0, 0.05) is 50.7 Å². The molecule has 0 bridgehead atoms. The Bertz CT molecular complexity index is 2550. The molecule has 2 atom stereocenters. The molecule has 456 valence electrons. The van der Waals surface area contributed by atoms with Crippen LogP contribution < -0.4 is 0 Å². The number of benzene rings is 4. The summed E-state index contributed by atoms with van der Waals surface area (Å²) in [5.41, 5.74) is 2.83. The van der Waals surface area contributed by atoms with Crippen LogP contribution in [-0.2, 0) is 75.8 Å². The van der Waals surface area contributed by atoms with Gasteiger partial charge in [0.25, 0.3) is 0 Å². The van der Waals surface area contributed by atoms with Crippen molar-refractivity contribution in [1.29, 1.82) is 0 Å². The van der Waals surface area contributed by atoms with Crippen LogP contribution in [0.5, 0.6) is 0 Å². The predicted molar refractivity (Wildman–Crippen MR) is 306 cm³/mol. The highest BCUT2D eigenvalue weighted by Crippen LogP contribution is 2.25. The van der Waals surface area contributed by atoms with E-state index in [1.165, 1.54) is 12.1 Å². The van der Waals surface area contributed by atoms with Gasteiger partial charge in [-0.15, -0.1) is 0 Å². The van der Waals surface area contributed by atoms with Gasteiger partial charge >= 0.3 is 23.9 Å². The van der Waals surface area contributed by atoms with E-state index in [1.807, 2.05) is 0 Å². The lowest BCUT2D eigenvalue weighted by Gasteiger charge is -2.14. The molecule has 4 rings (SSSR count). The molecule has 0 amide bonds. The number of esters is 4. The molecule has 4 aromatic carbocycles. The van der Waals surface area contributed by atoms with E-state index >= 15 is 0 Å². The molecule has 0 aliphatic carbocycles. The lowest BCUT2D eigenvalue weighted by molar-refractivity contribution is -0.0170. The molecule has 0 aliphatic rings. The van der Waals surface area contributed by atoms with Gasteiger partial charge in [-0.3, -0.25) is 0 Å². The van der Waals surface area contributed by atoms with Crippen LogP contribution in [0.2, 0.25) is 0 Å². The molecule has 0 fully saturated rings. The van der Waals surface area contributed by atoms with E-state index in [2.05, 4.69) is 33.9 Å². The Morgan fingerprint density at radius 1 is 0.345 bits per heavy atom. The number of azo groups is 1. The van der Waals surface area contributed by atoms with E-state index in [4.69, 9.17) is 75.8 Å². The van der Waals surface area contributed by atoms with Gasteiger partial charge in [-0.2, -0.15) is 10.2 Å². The van der Waals surface area contributed by atoms with Crippen LogP contribution in [0.15, 0.2) is 95.2 Å². The van der Waals surface area contributed by atoms with Crippen molar-refractivity contribution in [3.63, 3.8) is 0 Å². The zero-order valence-corrected chi connectivity index (χ0v) is 48.9. The molecular weight excluding hydrogens is 1090 g/mol. The smallest absolute Gasteiger partial charge is 0.338 e. The van der Waals surface area contributed by atoms with E-state index in [9.17, 15) is 19.2 Å². The van der Waals surface area contributed by atoms with Crippen molar-refractivity contribution in [3.8, 4) is 23.7 Å². The summed E-state index contributed by atoms with van der Waals surface area (Å²) in [6.45, 7) is 10.3. The van der Waals surface area contributed by atoms with Gasteiger partial charge in [0.15, 0.2) is 0 Å². The van der Waals surface area contributed by atoms with E-state index in [1.54, 1.807) is 115 Å². The first-order chi connectivity index (χ1) is 41.0. The zero-order valence-electron chi connectivity index (χ0n) is 48.9. The fourth-order valence-corrected chi connectivity index (χ4v) is 6.84. The Balaban J connectivity index is 1.60. The third-order valence-corrected chi connectivity index (χ3v) is 10.9. The van der Waals surface area contributed by atoms with Gasteiger partial charge < -0.3 is 75.8 Å². The Hall–Kier alpha value is -7.00. The second kappa shape index (κ2) is 43.6. The summed E-state index contributed by atoms with van der Waals surface area (Å²) in [6.07, 6.45) is -1.29. The van der Waals surface area contributed by atoms with Crippen molar-refractivity contribution in [2.45, 2.75) is 26.1 Å². The van der Waals surface area contributed by atoms with Gasteiger partial charge in [0.05, 0.1) is 166 Å². The number of rotatable bonds is 42. The van der Waals surface area contributed by atoms with E-state index in [-0.39, 0.29) is 86.5 Å². The number of hydrogen-bond acceptors (Lipinski definition) is 22. The monoisotopic (exact) mass is 1170 g/mol. The summed E-state index contributed by atoms with van der Waals surface area (Å²) in [5.74, 6) is 9.76. The van der Waals surface area contributed by atoms with Crippen LogP contribution in [-0.4, -0.2) is 210 Å². The summed E-state index contributed by atoms with van der Waals surface area (Å²) >= 11 is 0. The topological polar surface area (TPSA) is 241 Å². The van der Waals surface area contributed by atoms with Crippen LogP contribution in [0.25, 0.3) is 0 Å². The highest BCUT2D eigenvalue weighted by atomic mass is 16.6. The Labute approximate surface area is 491 Å². The van der Waals surface area contributed by atoms with E-state index < -0.39 is 36.1 Å². The molecule has 22 heteroatoms. The van der Waals surface area contributed by atoms with Crippen LogP contribution >= 0.6 is 0 Å². The maximum absolute atomic E-state index is 13.8. The molecule has 84 heavy (non-hydrogen) atoms. The number of carbonyl (C=O) groups is 4. The molecule has 0 radical (unpaired) electrons. The number of ether oxygens (including phenoxy) is 16. The van der Waals surface area contributed by atoms with Crippen molar-refractivity contribution >= 4 is 35.3 Å². The quantitative estimate of drug-likeness (QED) is 0.0142. The van der Waals surface area contributed by atoms with E-state index in [0.717, 1.165) is 0 Å². The first-order valence-corrected chi connectivity index (χ1v) is 27.3. The summed E-state index contributed by atoms with van der Waals surface area (Å²) in [6, 6.07) is 22.5. The third kappa shape index (κ3) is 30.5. The number of nitrogens with zero attached hydrogens (tertiary/aromatic N) is 2. The molecule has 0 aliphatic heterocycles. The summed E-state index contributed by atoms with van der Waals surface area (Å²) in [7, 11) is 6.36. The molecule has 0 saturated heterocycles. The SMILES string of the molecule is COCCOCCOCCOC(=O)c1cccc(C#Cc2cc(N=Nc3cc(C#Cc4cccc(C(=O)OCCOCCOCCOC)c4)cc(C(=O)O[C@@H](C)COCCOCCOC)c3)cc(C(=O)O[C@@H](C)COCCOCCOC)c2)c1. The van der Waals surface area contributed by atoms with Crippen LogP contribution in [0, 0.1) is 23.7 Å². The third-order valence-electron chi connectivity index (χ3n) is 10.9. The van der Waals surface area contributed by atoms with Gasteiger partial charge in [-0.25, -0.2) is 19.2 Å². The van der Waals surface area contributed by atoms with Crippen molar-refractivity contribution in [1.82, 2.24) is 0 Å². The molecule has 0 heterocycles. The number of carbonyl (C=O) groups excluding carboxylic acids is 4. The lowest BCUT2D eigenvalue weighted by atomic mass is 10.1. The second-order valence-corrected chi connectivity index (χ2v) is 17.9. The summed E-state index contributed by atoms with van der Waals surface area (Å²) in [4.78, 5) is 53.4. The second-order valence-electron chi connectivity index (χ2n) is 17.9. The summed E-state index contributed by atoms with van der Waals surface area (Å²) in [5, 5.41) is 9.00. The lowest BCUT2D eigenvalue weighted by Crippen LogP contribution is -2.22. The fraction of sp³-hybridized carbons (Fsp3) is 0.484. The zero-order chi connectivity index (χ0) is 60.2. The van der Waals surface area contributed by atoms with Crippen molar-refractivity contribution < 1.29 is 95.0 Å². The van der Waals surface area contributed by atoms with Crippen molar-refractivity contribution in [2.24, 2.45) is 10.2 Å². The molecule has 0 unspecified atom stereocenters. The Morgan fingerprint density at radius 3 is 0.988 bits per heavy atom. The van der Waals surface area contributed by atoms with Crippen molar-refractivity contribution in [3.05, 3.63) is 129 Å². The molecule has 0 N–H and O–H groups in total. The Kier molecular flexibility index (Phi) is 36.1. The van der Waals surface area contributed by atoms with Gasteiger partial charge in [0.2, 0.25) is 0 Å². The standard InChI is InChI=1S/C62H78N2O20/c1-47(45-79-31-29-75-23-19-71-5)83-61(67)55-39-51(15-13-49-9-7-11-53(37-49)59(65)81-35-33-77-27-25-73-21-17-69-3)41-57(43-55)63-64-58-42-52(40-56(44-58)62(68)84-48(2)46-80-32-30-76-24-20-72-6)16-14-50-10-8-12-54(38-50)60(66)82-36-34-78-28-26-74-22-18-70-4/h7-12,37-44,47-48H,17-36,45-46H2,1-6H3/t47-,48-/m0/s1. The predicted octanol–water partition coefficient (Wildman–Crippen LogP) is 7.02. The van der Waals surface area contributed by atoms with Gasteiger partial charge in [-0.05, 0) is 86.6 Å². The van der Waals surface area contributed by atoms with Crippen LogP contribution in [0.1, 0.15) is 77.5 Å². The first-order valence-electron chi connectivity index (χ1n) is 27.3. The largest absolute Gasteiger partial charge is 0.460 e. The molecule has 4 aromatic rings. The minimum atomic E-state index is -0.684. The average Bonchev–Trinajstić information content (AvgIpc) is 3.69. The average molecular weight is 1170 g/mol. The molecule has 0 saturated carbocycles. The van der Waals surface area contributed by atoms with Crippen molar-refractivity contribution in [2.75, 3.05) is 174 Å². The minimum Gasteiger partial charge on any atom is -0.460 e. The maximum Gasteiger partial charge on any atom is 0.338 e. The normalized spacial score (nSPS) is 11.7. The van der Waals surface area contributed by atoms with Gasteiger partial charge in [0.1, 0.15) is 25.4 Å². The molecular formula is C62H78N2O20. The van der Waals surface area contributed by atoms with Crippen LogP contribution in [0.4, 0.5) is 11.4 Å². The Morgan fingerprint density at radius 2 is 0.643 bits per heavy atom. The molecule has 0 spiro atoms. The summed E-state index contributed by atoms with van der Waals surface area (Å²) < 4.78 is 86.2. The molecule has 0 aromatic heterocycles. The number of hydrogen-bond donors (Lipinski definition) is 0. The number of methoxy groups -OCH3 is 4. The maximum atomic E-state index is 13.8. The molecule has 22 nitrogen and oxygen atoms in total. The first kappa shape index (κ1) is 69.5. The van der Waals surface area contributed by atoms with Gasteiger partial charge in [-0.1, -0.05) is 35.8 Å².